The predicted octanol–water partition coefficient (Wildman–Crippen LogP) is 1.28. The van der Waals surface area contributed by atoms with Gasteiger partial charge in [-0.15, -0.1) is 0 Å². The van der Waals surface area contributed by atoms with Gasteiger partial charge in [-0.2, -0.15) is 0 Å². The van der Waals surface area contributed by atoms with Gasteiger partial charge in [0.25, 0.3) is 0 Å². The molecule has 0 bridgehead atoms. The molecule has 1 amide bonds. The lowest BCUT2D eigenvalue weighted by molar-refractivity contribution is -0.141. The molecule has 6 nitrogen and oxygen atoms in total. The fourth-order valence-corrected chi connectivity index (χ4v) is 2.47. The number of hydrogen-bond donors (Lipinski definition) is 1. The van der Waals surface area contributed by atoms with Gasteiger partial charge in [0.1, 0.15) is 12.4 Å². The number of aromatic nitrogens is 2. The number of para-hydroxylation sites is 2. The lowest BCUT2D eigenvalue weighted by atomic mass is 10.3. The second kappa shape index (κ2) is 6.17. The van der Waals surface area contributed by atoms with E-state index in [9.17, 15) is 9.59 Å². The van der Waals surface area contributed by atoms with Crippen molar-refractivity contribution in [2.24, 2.45) is 5.92 Å². The number of nitrogens with zero attached hydrogens (tertiary/aromatic N) is 2. The van der Waals surface area contributed by atoms with Crippen LogP contribution in [-0.4, -0.2) is 35.1 Å². The minimum absolute atomic E-state index is 0.121. The number of rotatable bonds is 6. The number of carbonyl (C=O) groups excluding carboxylic acids is 2. The van der Waals surface area contributed by atoms with Crippen molar-refractivity contribution in [1.82, 2.24) is 14.9 Å². The third-order valence-corrected chi connectivity index (χ3v) is 3.84. The van der Waals surface area contributed by atoms with E-state index in [1.165, 1.54) is 7.11 Å². The number of methoxy groups -OCH3 is 1. The van der Waals surface area contributed by atoms with Gasteiger partial charge in [0, 0.05) is 18.9 Å². The molecule has 0 atom stereocenters. The summed E-state index contributed by atoms with van der Waals surface area (Å²) in [7, 11) is 1.37. The lowest BCUT2D eigenvalue weighted by Gasteiger charge is -2.08. The summed E-state index contributed by atoms with van der Waals surface area (Å²) >= 11 is 0. The van der Waals surface area contributed by atoms with Crippen LogP contribution in [-0.2, 0) is 27.3 Å². The molecule has 0 aliphatic heterocycles. The summed E-state index contributed by atoms with van der Waals surface area (Å²) in [4.78, 5) is 27.8. The highest BCUT2D eigenvalue weighted by Crippen LogP contribution is 2.28. The van der Waals surface area contributed by atoms with E-state index in [0.29, 0.717) is 13.0 Å². The monoisotopic (exact) mass is 301 g/mol. The third-order valence-electron chi connectivity index (χ3n) is 3.84. The summed E-state index contributed by atoms with van der Waals surface area (Å²) in [6, 6.07) is 7.67. The van der Waals surface area contributed by atoms with Crippen LogP contribution in [0, 0.1) is 5.92 Å². The Bertz CT molecular complexity index is 704. The number of ether oxygens (including phenoxy) is 1. The molecule has 6 heteroatoms. The van der Waals surface area contributed by atoms with Gasteiger partial charge in [-0.05, 0) is 25.0 Å². The van der Waals surface area contributed by atoms with E-state index in [2.05, 4.69) is 10.3 Å². The molecular formula is C16H19N3O3. The van der Waals surface area contributed by atoms with Crippen molar-refractivity contribution in [2.75, 3.05) is 13.7 Å². The molecule has 1 aliphatic carbocycles. The zero-order chi connectivity index (χ0) is 15.5. The van der Waals surface area contributed by atoms with E-state index in [0.717, 1.165) is 29.7 Å². The molecule has 1 fully saturated rings. The van der Waals surface area contributed by atoms with Gasteiger partial charge < -0.3 is 14.6 Å². The minimum Gasteiger partial charge on any atom is -0.468 e. The van der Waals surface area contributed by atoms with Crippen LogP contribution in [0.15, 0.2) is 24.3 Å². The van der Waals surface area contributed by atoms with Crippen molar-refractivity contribution >= 4 is 22.9 Å². The quantitative estimate of drug-likeness (QED) is 0.816. The van der Waals surface area contributed by atoms with Crippen LogP contribution < -0.4 is 5.32 Å². The Balaban J connectivity index is 1.75. The normalized spacial score (nSPS) is 14.0. The number of fused-ring (bicyclic) bond motifs is 1. The summed E-state index contributed by atoms with van der Waals surface area (Å²) in [6.45, 7) is 0.656. The Labute approximate surface area is 128 Å². The van der Waals surface area contributed by atoms with Gasteiger partial charge in [-0.1, -0.05) is 12.1 Å². The van der Waals surface area contributed by atoms with Crippen molar-refractivity contribution in [1.29, 1.82) is 0 Å². The molecule has 1 N–H and O–H groups in total. The van der Waals surface area contributed by atoms with Gasteiger partial charge in [0.05, 0.1) is 18.1 Å². The molecule has 1 saturated carbocycles. The molecule has 0 spiro atoms. The number of hydrogen-bond acceptors (Lipinski definition) is 4. The lowest BCUT2D eigenvalue weighted by Crippen LogP contribution is -2.28. The fourth-order valence-electron chi connectivity index (χ4n) is 2.47. The topological polar surface area (TPSA) is 73.2 Å². The molecule has 0 radical (unpaired) electrons. The van der Waals surface area contributed by atoms with E-state index in [1.807, 2.05) is 28.8 Å². The number of carbonyl (C=O) groups is 2. The van der Waals surface area contributed by atoms with Crippen molar-refractivity contribution < 1.29 is 14.3 Å². The number of esters is 1. The highest BCUT2D eigenvalue weighted by Gasteiger charge is 2.29. The second-order valence-electron chi connectivity index (χ2n) is 5.49. The van der Waals surface area contributed by atoms with Crippen LogP contribution in [0.5, 0.6) is 0 Å². The average molecular weight is 301 g/mol. The first-order valence-electron chi connectivity index (χ1n) is 7.47. The van der Waals surface area contributed by atoms with Gasteiger partial charge in [0.15, 0.2) is 0 Å². The van der Waals surface area contributed by atoms with Crippen molar-refractivity contribution in [3.8, 4) is 0 Å². The maximum atomic E-state index is 11.7. The molecule has 1 aromatic heterocycles. The molecule has 0 unspecified atom stereocenters. The molecule has 22 heavy (non-hydrogen) atoms. The molecule has 1 heterocycles. The zero-order valence-corrected chi connectivity index (χ0v) is 12.5. The summed E-state index contributed by atoms with van der Waals surface area (Å²) in [5, 5.41) is 2.92. The van der Waals surface area contributed by atoms with E-state index in [1.54, 1.807) is 0 Å². The second-order valence-corrected chi connectivity index (χ2v) is 5.49. The molecule has 116 valence electrons. The van der Waals surface area contributed by atoms with Gasteiger partial charge in [-0.25, -0.2) is 4.98 Å². The van der Waals surface area contributed by atoms with Crippen LogP contribution in [0.2, 0.25) is 0 Å². The Morgan fingerprint density at radius 2 is 2.14 bits per heavy atom. The van der Waals surface area contributed by atoms with Crippen LogP contribution >= 0.6 is 0 Å². The van der Waals surface area contributed by atoms with Crippen molar-refractivity contribution in [3.63, 3.8) is 0 Å². The number of benzene rings is 1. The van der Waals surface area contributed by atoms with Crippen molar-refractivity contribution in [2.45, 2.75) is 25.8 Å². The number of imidazole rings is 1. The number of amides is 1. The highest BCUT2D eigenvalue weighted by molar-refractivity contribution is 5.81. The molecule has 2 aromatic rings. The number of nitrogens with one attached hydrogen (secondary N) is 1. The first-order valence-corrected chi connectivity index (χ1v) is 7.47. The zero-order valence-electron chi connectivity index (χ0n) is 12.5. The van der Waals surface area contributed by atoms with Gasteiger partial charge in [-0.3, -0.25) is 9.59 Å². The Morgan fingerprint density at radius 1 is 1.36 bits per heavy atom. The minimum atomic E-state index is -0.314. The summed E-state index contributed by atoms with van der Waals surface area (Å²) in [6.07, 6.45) is 2.57. The maximum absolute atomic E-state index is 11.7. The summed E-state index contributed by atoms with van der Waals surface area (Å²) < 4.78 is 6.60. The van der Waals surface area contributed by atoms with Gasteiger partial charge >= 0.3 is 5.97 Å². The Morgan fingerprint density at radius 3 is 2.86 bits per heavy atom. The molecular weight excluding hydrogens is 282 g/mol. The van der Waals surface area contributed by atoms with E-state index in [4.69, 9.17) is 4.74 Å². The largest absolute Gasteiger partial charge is 0.468 e. The Kier molecular flexibility index (Phi) is 4.09. The van der Waals surface area contributed by atoms with Crippen LogP contribution in [0.4, 0.5) is 0 Å². The molecule has 1 aliphatic rings. The standard InChI is InChI=1S/C16H19N3O3/c1-22-15(20)10-19-13-5-3-2-4-12(13)18-14(19)8-9-17-16(21)11-6-7-11/h2-5,11H,6-10H2,1H3,(H,17,21). The van der Waals surface area contributed by atoms with E-state index in [-0.39, 0.29) is 24.3 Å². The van der Waals surface area contributed by atoms with Crippen LogP contribution in [0.1, 0.15) is 18.7 Å². The van der Waals surface area contributed by atoms with Gasteiger partial charge in [0.2, 0.25) is 5.91 Å². The smallest absolute Gasteiger partial charge is 0.325 e. The molecule has 3 rings (SSSR count). The predicted molar refractivity (Wildman–Crippen MR) is 81.2 cm³/mol. The highest BCUT2D eigenvalue weighted by atomic mass is 16.5. The third kappa shape index (κ3) is 3.10. The maximum Gasteiger partial charge on any atom is 0.325 e. The van der Waals surface area contributed by atoms with E-state index >= 15 is 0 Å². The van der Waals surface area contributed by atoms with E-state index < -0.39 is 0 Å². The SMILES string of the molecule is COC(=O)Cn1c(CCNC(=O)C2CC2)nc2ccccc21. The average Bonchev–Trinajstić information content (AvgIpc) is 3.32. The summed E-state index contributed by atoms with van der Waals surface area (Å²) in [5.74, 6) is 0.790. The van der Waals surface area contributed by atoms with Crippen LogP contribution in [0.3, 0.4) is 0 Å². The fraction of sp³-hybridized carbons (Fsp3) is 0.438. The van der Waals surface area contributed by atoms with Crippen LogP contribution in [0.25, 0.3) is 11.0 Å². The summed E-state index contributed by atoms with van der Waals surface area (Å²) in [5.41, 5.74) is 1.74. The van der Waals surface area contributed by atoms with Crippen molar-refractivity contribution in [3.05, 3.63) is 30.1 Å². The first-order chi connectivity index (χ1) is 10.7. The Hall–Kier alpha value is -2.37. The molecule has 1 aromatic carbocycles. The first kappa shape index (κ1) is 14.6. The molecule has 0 saturated heterocycles.